The van der Waals surface area contributed by atoms with Gasteiger partial charge in [0, 0.05) is 12.1 Å². The highest BCUT2D eigenvalue weighted by molar-refractivity contribution is 5.93. The molecular formula is C14H22N2O3. The van der Waals surface area contributed by atoms with Crippen molar-refractivity contribution >= 4 is 5.91 Å². The third kappa shape index (κ3) is 3.81. The second-order valence-corrected chi connectivity index (χ2v) is 5.15. The van der Waals surface area contributed by atoms with Crippen molar-refractivity contribution in [3.8, 4) is 0 Å². The molecule has 5 heteroatoms. The zero-order valence-corrected chi connectivity index (χ0v) is 11.4. The predicted octanol–water partition coefficient (Wildman–Crippen LogP) is 1.16. The molecule has 1 aromatic rings. The highest BCUT2D eigenvalue weighted by atomic mass is 16.3. The predicted molar refractivity (Wildman–Crippen MR) is 72.1 cm³/mol. The van der Waals surface area contributed by atoms with Gasteiger partial charge in [0.15, 0.2) is 5.76 Å². The highest BCUT2D eigenvalue weighted by Gasteiger charge is 2.20. The Morgan fingerprint density at radius 1 is 1.47 bits per heavy atom. The zero-order valence-electron chi connectivity index (χ0n) is 11.4. The van der Waals surface area contributed by atoms with E-state index in [9.17, 15) is 9.90 Å². The van der Waals surface area contributed by atoms with E-state index < -0.39 is 0 Å². The van der Waals surface area contributed by atoms with E-state index in [2.05, 4.69) is 10.2 Å². The molecule has 0 aliphatic carbocycles. The summed E-state index contributed by atoms with van der Waals surface area (Å²) in [5.74, 6) is 0.0793. The van der Waals surface area contributed by atoms with Crippen LogP contribution >= 0.6 is 0 Å². The normalized spacial score (nSPS) is 18.2. The first-order valence-electron chi connectivity index (χ1n) is 6.89. The number of amides is 1. The lowest BCUT2D eigenvalue weighted by atomic mass is 10.1. The van der Waals surface area contributed by atoms with Crippen molar-refractivity contribution in [3.63, 3.8) is 0 Å². The zero-order chi connectivity index (χ0) is 13.7. The monoisotopic (exact) mass is 266 g/mol. The van der Waals surface area contributed by atoms with Gasteiger partial charge < -0.3 is 19.7 Å². The van der Waals surface area contributed by atoms with Crippen LogP contribution in [-0.4, -0.2) is 48.2 Å². The standard InChI is InChI=1S/C14H22N2O3/c1-11-5-8-19-13(11)14(18)15-12(10-17)9-16-6-3-2-4-7-16/h5,8,12,17H,2-4,6-7,9-10H2,1H3,(H,15,18). The first-order valence-corrected chi connectivity index (χ1v) is 6.89. The average Bonchev–Trinajstić information content (AvgIpc) is 2.85. The van der Waals surface area contributed by atoms with Crippen LogP contribution in [0.4, 0.5) is 0 Å². The van der Waals surface area contributed by atoms with Crippen LogP contribution < -0.4 is 5.32 Å². The molecule has 2 rings (SSSR count). The van der Waals surface area contributed by atoms with E-state index >= 15 is 0 Å². The van der Waals surface area contributed by atoms with Crippen LogP contribution in [0.1, 0.15) is 35.4 Å². The van der Waals surface area contributed by atoms with Crippen LogP contribution in [0.3, 0.4) is 0 Å². The van der Waals surface area contributed by atoms with Crippen molar-refractivity contribution in [3.05, 3.63) is 23.7 Å². The van der Waals surface area contributed by atoms with Crippen LogP contribution in [0, 0.1) is 6.92 Å². The van der Waals surface area contributed by atoms with Gasteiger partial charge in [0.05, 0.1) is 18.9 Å². The van der Waals surface area contributed by atoms with E-state index in [4.69, 9.17) is 4.42 Å². The van der Waals surface area contributed by atoms with Crippen molar-refractivity contribution in [2.45, 2.75) is 32.2 Å². The minimum absolute atomic E-state index is 0.0536. The minimum Gasteiger partial charge on any atom is -0.459 e. The van der Waals surface area contributed by atoms with Gasteiger partial charge in [0.1, 0.15) is 0 Å². The van der Waals surface area contributed by atoms with Gasteiger partial charge in [0.2, 0.25) is 0 Å². The van der Waals surface area contributed by atoms with Gasteiger partial charge in [-0.05, 0) is 38.9 Å². The quantitative estimate of drug-likeness (QED) is 0.839. The number of nitrogens with one attached hydrogen (secondary N) is 1. The summed E-state index contributed by atoms with van der Waals surface area (Å²) >= 11 is 0. The number of hydrogen-bond donors (Lipinski definition) is 2. The third-order valence-corrected chi connectivity index (χ3v) is 3.55. The van der Waals surface area contributed by atoms with Gasteiger partial charge in [-0.3, -0.25) is 4.79 Å². The molecule has 1 amide bonds. The summed E-state index contributed by atoms with van der Waals surface area (Å²) in [6.07, 6.45) is 5.17. The molecule has 106 valence electrons. The number of piperidine rings is 1. The molecule has 0 spiro atoms. The largest absolute Gasteiger partial charge is 0.459 e. The maximum atomic E-state index is 12.0. The molecule has 2 heterocycles. The van der Waals surface area contributed by atoms with E-state index in [1.54, 1.807) is 6.07 Å². The molecule has 1 saturated heterocycles. The van der Waals surface area contributed by atoms with Gasteiger partial charge in [-0.2, -0.15) is 0 Å². The van der Waals surface area contributed by atoms with E-state index in [1.165, 1.54) is 25.5 Å². The smallest absolute Gasteiger partial charge is 0.287 e. The van der Waals surface area contributed by atoms with Gasteiger partial charge in [-0.25, -0.2) is 0 Å². The minimum atomic E-state index is -0.251. The molecule has 19 heavy (non-hydrogen) atoms. The molecule has 5 nitrogen and oxygen atoms in total. The van der Waals surface area contributed by atoms with Gasteiger partial charge in [-0.15, -0.1) is 0 Å². The summed E-state index contributed by atoms with van der Waals surface area (Å²) in [6.45, 7) is 4.57. The third-order valence-electron chi connectivity index (χ3n) is 3.55. The molecule has 1 aliphatic rings. The maximum absolute atomic E-state index is 12.0. The Hall–Kier alpha value is -1.33. The van der Waals surface area contributed by atoms with Gasteiger partial charge in [0.25, 0.3) is 5.91 Å². The Morgan fingerprint density at radius 3 is 2.79 bits per heavy atom. The summed E-state index contributed by atoms with van der Waals surface area (Å²) in [5, 5.41) is 12.2. The van der Waals surface area contributed by atoms with Crippen LogP contribution in [0.25, 0.3) is 0 Å². The van der Waals surface area contributed by atoms with Gasteiger partial charge >= 0.3 is 0 Å². The van der Waals surface area contributed by atoms with Crippen LogP contribution in [0.15, 0.2) is 16.7 Å². The van der Waals surface area contributed by atoms with Crippen molar-refractivity contribution in [2.24, 2.45) is 0 Å². The fraction of sp³-hybridized carbons (Fsp3) is 0.643. The molecule has 0 aromatic carbocycles. The number of aliphatic hydroxyl groups excluding tert-OH is 1. The number of likely N-dealkylation sites (tertiary alicyclic amines) is 1. The number of hydrogen-bond acceptors (Lipinski definition) is 4. The Bertz CT molecular complexity index is 411. The average molecular weight is 266 g/mol. The van der Waals surface area contributed by atoms with E-state index in [0.717, 1.165) is 18.7 Å². The number of rotatable bonds is 5. The number of aliphatic hydroxyl groups is 1. The number of carbonyl (C=O) groups is 1. The molecule has 1 fully saturated rings. The fourth-order valence-corrected chi connectivity index (χ4v) is 2.46. The number of carbonyl (C=O) groups excluding carboxylic acids is 1. The highest BCUT2D eigenvalue weighted by Crippen LogP contribution is 2.11. The summed E-state index contributed by atoms with van der Waals surface area (Å²) in [5.41, 5.74) is 0.812. The lowest BCUT2D eigenvalue weighted by Crippen LogP contribution is -2.47. The Balaban J connectivity index is 1.88. The number of aryl methyl sites for hydroxylation is 1. The molecule has 0 radical (unpaired) electrons. The molecular weight excluding hydrogens is 244 g/mol. The first kappa shape index (κ1) is 14.1. The maximum Gasteiger partial charge on any atom is 0.287 e. The second-order valence-electron chi connectivity index (χ2n) is 5.15. The van der Waals surface area contributed by atoms with Crippen LogP contribution in [0.2, 0.25) is 0 Å². The van der Waals surface area contributed by atoms with E-state index in [0.29, 0.717) is 12.3 Å². The fourth-order valence-electron chi connectivity index (χ4n) is 2.46. The second kappa shape index (κ2) is 6.73. The lowest BCUT2D eigenvalue weighted by molar-refractivity contribution is 0.0858. The van der Waals surface area contributed by atoms with Crippen molar-refractivity contribution in [1.82, 2.24) is 10.2 Å². The SMILES string of the molecule is Cc1ccoc1C(=O)NC(CO)CN1CCCCC1. The van der Waals surface area contributed by atoms with Crippen LogP contribution in [0.5, 0.6) is 0 Å². The van der Waals surface area contributed by atoms with Crippen molar-refractivity contribution in [1.29, 1.82) is 0 Å². The summed E-state index contributed by atoms with van der Waals surface area (Å²) in [4.78, 5) is 14.3. The first-order chi connectivity index (χ1) is 9.20. The topological polar surface area (TPSA) is 65.7 Å². The molecule has 1 aliphatic heterocycles. The Kier molecular flexibility index (Phi) is 4.99. The Labute approximate surface area is 113 Å². The number of furan rings is 1. The molecule has 0 saturated carbocycles. The summed E-state index contributed by atoms with van der Waals surface area (Å²) in [6, 6.07) is 1.52. The molecule has 2 N–H and O–H groups in total. The Morgan fingerprint density at radius 2 is 2.21 bits per heavy atom. The van der Waals surface area contributed by atoms with Crippen molar-refractivity contribution in [2.75, 3.05) is 26.2 Å². The van der Waals surface area contributed by atoms with E-state index in [1.807, 2.05) is 6.92 Å². The number of nitrogens with zero attached hydrogens (tertiary/aromatic N) is 1. The lowest BCUT2D eigenvalue weighted by Gasteiger charge is -2.29. The van der Waals surface area contributed by atoms with E-state index in [-0.39, 0.29) is 18.6 Å². The summed E-state index contributed by atoms with van der Waals surface area (Å²) < 4.78 is 5.15. The van der Waals surface area contributed by atoms with Crippen LogP contribution in [-0.2, 0) is 0 Å². The summed E-state index contributed by atoms with van der Waals surface area (Å²) in [7, 11) is 0. The molecule has 1 atom stereocenters. The molecule has 0 bridgehead atoms. The van der Waals surface area contributed by atoms with Crippen molar-refractivity contribution < 1.29 is 14.3 Å². The molecule has 1 unspecified atom stereocenters. The molecule has 1 aromatic heterocycles. The van der Waals surface area contributed by atoms with Gasteiger partial charge in [-0.1, -0.05) is 6.42 Å².